The molecule has 82 valence electrons. The predicted molar refractivity (Wildman–Crippen MR) is 73.2 cm³/mol. The van der Waals surface area contributed by atoms with Crippen LogP contribution in [0.1, 0.15) is 13.8 Å². The molecular weight excluding hydrogens is 192 g/mol. The van der Waals surface area contributed by atoms with E-state index >= 15 is 0 Å². The normalized spacial score (nSPS) is 30.6. The summed E-state index contributed by atoms with van der Waals surface area (Å²) >= 11 is 0. The van der Waals surface area contributed by atoms with Crippen molar-refractivity contribution in [2.45, 2.75) is 13.8 Å². The van der Waals surface area contributed by atoms with Crippen LogP contribution >= 0.6 is 0 Å². The topological polar surface area (TPSA) is 0 Å². The molecule has 0 unspecified atom stereocenters. The summed E-state index contributed by atoms with van der Waals surface area (Å²) < 4.78 is 0. The van der Waals surface area contributed by atoms with Gasteiger partial charge in [0.15, 0.2) is 0 Å². The first kappa shape index (κ1) is 12.3. The zero-order chi connectivity index (χ0) is 11.8. The standard InChI is InChI=1S/C16H18/c1-14(2)16-12-7-5-4-6-10-15(3)11-8-9-13-16/h4-13H,1H2,2-3H3/b5-4-,6-4?,7-5?,9-8+,10-6-,11-8?,12-7-,13-9?,15-10?,15-11+,16-12?,16-13+. The summed E-state index contributed by atoms with van der Waals surface area (Å²) in [5.74, 6) is 0. The highest BCUT2D eigenvalue weighted by Gasteiger charge is 1.89. The molecule has 0 radical (unpaired) electrons. The molecule has 16 heavy (non-hydrogen) atoms. The van der Waals surface area contributed by atoms with Gasteiger partial charge in [-0.15, -0.1) is 0 Å². The summed E-state index contributed by atoms with van der Waals surface area (Å²) in [6.07, 6.45) is 20.5. The van der Waals surface area contributed by atoms with Crippen LogP contribution in [-0.4, -0.2) is 0 Å². The van der Waals surface area contributed by atoms with Crippen LogP contribution < -0.4 is 0 Å². The third kappa shape index (κ3) is 4.61. The van der Waals surface area contributed by atoms with Crippen molar-refractivity contribution in [1.29, 1.82) is 0 Å². The van der Waals surface area contributed by atoms with E-state index in [0.717, 1.165) is 11.1 Å². The lowest BCUT2D eigenvalue weighted by atomic mass is 10.1. The van der Waals surface area contributed by atoms with Crippen molar-refractivity contribution in [3.8, 4) is 0 Å². The highest BCUT2D eigenvalue weighted by Crippen LogP contribution is 2.09. The van der Waals surface area contributed by atoms with Gasteiger partial charge in [-0.1, -0.05) is 78.5 Å². The Morgan fingerprint density at radius 2 is 1.50 bits per heavy atom. The van der Waals surface area contributed by atoms with Crippen molar-refractivity contribution >= 4 is 0 Å². The van der Waals surface area contributed by atoms with Gasteiger partial charge in [-0.05, 0) is 19.4 Å². The Labute approximate surface area is 98.4 Å². The van der Waals surface area contributed by atoms with Gasteiger partial charge < -0.3 is 0 Å². The minimum Gasteiger partial charge on any atom is -0.0955 e. The SMILES string of the molecule is C=C(C)C1=C/C=C/C=C(C)/C=C\C=C/C=C\1. The van der Waals surface area contributed by atoms with Crippen molar-refractivity contribution < 1.29 is 0 Å². The van der Waals surface area contributed by atoms with Crippen molar-refractivity contribution in [1.82, 2.24) is 0 Å². The summed E-state index contributed by atoms with van der Waals surface area (Å²) in [6.45, 7) is 8.05. The van der Waals surface area contributed by atoms with Crippen molar-refractivity contribution in [3.63, 3.8) is 0 Å². The van der Waals surface area contributed by atoms with Gasteiger partial charge in [0, 0.05) is 0 Å². The Morgan fingerprint density at radius 1 is 0.875 bits per heavy atom. The number of allylic oxidation sites excluding steroid dienone is 13. The van der Waals surface area contributed by atoms with Gasteiger partial charge in [-0.3, -0.25) is 0 Å². The van der Waals surface area contributed by atoms with Crippen LogP contribution in [0.5, 0.6) is 0 Å². The minimum atomic E-state index is 1.07. The van der Waals surface area contributed by atoms with Crippen LogP contribution in [0.2, 0.25) is 0 Å². The van der Waals surface area contributed by atoms with E-state index in [-0.39, 0.29) is 0 Å². The molecule has 0 spiro atoms. The zero-order valence-electron chi connectivity index (χ0n) is 9.98. The second kappa shape index (κ2) is 6.62. The second-order valence-electron chi connectivity index (χ2n) is 3.80. The molecule has 0 bridgehead atoms. The number of rotatable bonds is 1. The first-order valence-corrected chi connectivity index (χ1v) is 5.42. The predicted octanol–water partition coefficient (Wildman–Crippen LogP) is 4.67. The molecule has 1 aliphatic carbocycles. The van der Waals surface area contributed by atoms with E-state index in [2.05, 4.69) is 37.8 Å². The molecule has 0 aromatic heterocycles. The van der Waals surface area contributed by atoms with Gasteiger partial charge in [0.2, 0.25) is 0 Å². The van der Waals surface area contributed by atoms with Crippen molar-refractivity contribution in [3.05, 3.63) is 84.1 Å². The fourth-order valence-corrected chi connectivity index (χ4v) is 1.26. The Kier molecular flexibility index (Phi) is 5.07. The second-order valence-corrected chi connectivity index (χ2v) is 3.80. The summed E-state index contributed by atoms with van der Waals surface area (Å²) in [7, 11) is 0. The maximum absolute atomic E-state index is 3.96. The fourth-order valence-electron chi connectivity index (χ4n) is 1.26. The molecule has 0 saturated carbocycles. The van der Waals surface area contributed by atoms with E-state index in [1.54, 1.807) is 0 Å². The van der Waals surface area contributed by atoms with Crippen LogP contribution in [0.3, 0.4) is 0 Å². The van der Waals surface area contributed by atoms with Crippen LogP contribution in [-0.2, 0) is 0 Å². The molecule has 0 aromatic rings. The number of hydrogen-bond donors (Lipinski definition) is 0. The highest BCUT2D eigenvalue weighted by atomic mass is 13.9. The van der Waals surface area contributed by atoms with Gasteiger partial charge in [0.1, 0.15) is 0 Å². The van der Waals surface area contributed by atoms with Crippen LogP contribution in [0.25, 0.3) is 0 Å². The third-order valence-corrected chi connectivity index (χ3v) is 2.21. The molecule has 0 heteroatoms. The Bertz CT molecular complexity index is 421. The molecule has 0 aliphatic heterocycles. The lowest BCUT2D eigenvalue weighted by Gasteiger charge is -1.97. The lowest BCUT2D eigenvalue weighted by molar-refractivity contribution is 1.45. The molecule has 1 aliphatic rings. The van der Waals surface area contributed by atoms with Crippen molar-refractivity contribution in [2.75, 3.05) is 0 Å². The van der Waals surface area contributed by atoms with E-state index in [9.17, 15) is 0 Å². The Morgan fingerprint density at radius 3 is 2.19 bits per heavy atom. The van der Waals surface area contributed by atoms with Crippen LogP contribution in [0.15, 0.2) is 84.1 Å². The van der Waals surface area contributed by atoms with Gasteiger partial charge in [0.25, 0.3) is 0 Å². The van der Waals surface area contributed by atoms with Gasteiger partial charge in [0.05, 0.1) is 0 Å². The van der Waals surface area contributed by atoms with E-state index in [1.807, 2.05) is 43.4 Å². The van der Waals surface area contributed by atoms with E-state index in [1.165, 1.54) is 5.57 Å². The molecule has 0 amide bonds. The van der Waals surface area contributed by atoms with Gasteiger partial charge in [-0.2, -0.15) is 0 Å². The monoisotopic (exact) mass is 210 g/mol. The third-order valence-electron chi connectivity index (χ3n) is 2.21. The van der Waals surface area contributed by atoms with E-state index in [4.69, 9.17) is 0 Å². The minimum absolute atomic E-state index is 1.07. The quantitative estimate of drug-likeness (QED) is 0.589. The van der Waals surface area contributed by atoms with E-state index < -0.39 is 0 Å². The molecule has 0 nitrogen and oxygen atoms in total. The number of hydrogen-bond acceptors (Lipinski definition) is 0. The van der Waals surface area contributed by atoms with Gasteiger partial charge in [-0.25, -0.2) is 0 Å². The Balaban J connectivity index is 3.00. The first-order chi connectivity index (χ1) is 7.70. The summed E-state index contributed by atoms with van der Waals surface area (Å²) in [6, 6.07) is 0. The smallest absolute Gasteiger partial charge is 0.0233 e. The average Bonchev–Trinajstić information content (AvgIpc) is 2.22. The van der Waals surface area contributed by atoms with Crippen LogP contribution in [0.4, 0.5) is 0 Å². The molecule has 0 N–H and O–H groups in total. The maximum atomic E-state index is 3.96. The highest BCUT2D eigenvalue weighted by molar-refractivity contribution is 5.41. The molecule has 0 aromatic carbocycles. The molecule has 1 rings (SSSR count). The molecule has 0 saturated heterocycles. The molecular formula is C16H18. The van der Waals surface area contributed by atoms with Gasteiger partial charge >= 0.3 is 0 Å². The first-order valence-electron chi connectivity index (χ1n) is 5.42. The Hall–Kier alpha value is -1.82. The fraction of sp³-hybridized carbons (Fsp3) is 0.125. The van der Waals surface area contributed by atoms with Crippen LogP contribution in [0, 0.1) is 0 Å². The zero-order valence-corrected chi connectivity index (χ0v) is 9.98. The molecule has 0 atom stereocenters. The van der Waals surface area contributed by atoms with E-state index in [0.29, 0.717) is 0 Å². The molecule has 0 fully saturated rings. The average molecular weight is 210 g/mol. The largest absolute Gasteiger partial charge is 0.0955 e. The lowest BCUT2D eigenvalue weighted by Crippen LogP contribution is -1.77. The maximum Gasteiger partial charge on any atom is -0.0233 e. The summed E-state index contributed by atoms with van der Waals surface area (Å²) in [5.41, 5.74) is 3.45. The molecule has 0 heterocycles. The van der Waals surface area contributed by atoms with Crippen molar-refractivity contribution in [2.24, 2.45) is 0 Å². The summed E-state index contributed by atoms with van der Waals surface area (Å²) in [5, 5.41) is 0. The summed E-state index contributed by atoms with van der Waals surface area (Å²) in [4.78, 5) is 0.